The van der Waals surface area contributed by atoms with Gasteiger partial charge in [-0.1, -0.05) is 54.6 Å². The molecule has 1 aliphatic heterocycles. The molecule has 170 valence electrons. The number of rotatable bonds is 7. The molecule has 4 nitrogen and oxygen atoms in total. The van der Waals surface area contributed by atoms with Crippen molar-refractivity contribution in [3.8, 4) is 0 Å². The van der Waals surface area contributed by atoms with Crippen molar-refractivity contribution in [3.63, 3.8) is 0 Å². The van der Waals surface area contributed by atoms with Crippen molar-refractivity contribution < 1.29 is 11.2 Å². The van der Waals surface area contributed by atoms with Gasteiger partial charge in [0.2, 0.25) is 0 Å². The lowest BCUT2D eigenvalue weighted by atomic mass is 9.87. The first kappa shape index (κ1) is 16.4. The van der Waals surface area contributed by atoms with E-state index in [1.807, 2.05) is 30.3 Å². The molecule has 5 heteroatoms. The number of halogens is 1. The van der Waals surface area contributed by atoms with Crippen LogP contribution in [0, 0.1) is 5.82 Å². The second-order valence-electron chi connectivity index (χ2n) is 8.35. The Morgan fingerprint density at radius 3 is 2.39 bits per heavy atom. The van der Waals surface area contributed by atoms with Gasteiger partial charge in [-0.3, -0.25) is 4.57 Å². The lowest BCUT2D eigenvalue weighted by molar-refractivity contribution is 0.183. The molecule has 0 saturated carbocycles. The number of para-hydroxylation sites is 2. The number of likely N-dealkylation sites (tertiary alicyclic amines) is 1. The van der Waals surface area contributed by atoms with Crippen LogP contribution in [0.3, 0.4) is 0 Å². The van der Waals surface area contributed by atoms with E-state index in [1.54, 1.807) is 41.3 Å². The molecule has 1 aliphatic rings. The summed E-state index contributed by atoms with van der Waals surface area (Å²) in [6, 6.07) is 20.5. The summed E-state index contributed by atoms with van der Waals surface area (Å²) in [7, 11) is 0. The standard InChI is InChI=1S/C28H30FN3O/c29-23-14-12-22(13-15-23)25(21-7-2-1-3-8-21)9-6-18-31-19-16-24(17-20-31)32-27-11-5-4-10-26(27)30-28(32)33/h1-5,7-8,10-15,24-25H,6,9,16-20H2,(H,30,33)/i16D2,17D2,24D. The molecule has 1 saturated heterocycles. The van der Waals surface area contributed by atoms with Crippen LogP contribution in [0.5, 0.6) is 0 Å². The largest absolute Gasteiger partial charge is 0.326 e. The zero-order valence-electron chi connectivity index (χ0n) is 23.3. The molecule has 0 spiro atoms. The molecular weight excluding hydrogens is 413 g/mol. The van der Waals surface area contributed by atoms with Gasteiger partial charge in [0.05, 0.1) is 12.4 Å². The molecule has 3 aromatic carbocycles. The monoisotopic (exact) mass is 448 g/mol. The Hall–Kier alpha value is -3.18. The van der Waals surface area contributed by atoms with Crippen LogP contribution in [-0.4, -0.2) is 34.1 Å². The maximum absolute atomic E-state index is 13.6. The highest BCUT2D eigenvalue weighted by Crippen LogP contribution is 2.30. The van der Waals surface area contributed by atoms with E-state index in [2.05, 4.69) is 4.98 Å². The Balaban J connectivity index is 1.37. The second kappa shape index (κ2) is 9.75. The fraction of sp³-hybridized carbons (Fsp3) is 0.321. The summed E-state index contributed by atoms with van der Waals surface area (Å²) >= 11 is 0. The van der Waals surface area contributed by atoms with Crippen LogP contribution in [0.2, 0.25) is 0 Å². The zero-order chi connectivity index (χ0) is 27.1. The Kier molecular flexibility index (Phi) is 4.86. The van der Waals surface area contributed by atoms with Gasteiger partial charge in [-0.15, -0.1) is 0 Å². The molecule has 0 bridgehead atoms. The van der Waals surface area contributed by atoms with Crippen LogP contribution < -0.4 is 5.69 Å². The topological polar surface area (TPSA) is 41.0 Å². The molecule has 1 aromatic heterocycles. The number of hydrogen-bond acceptors (Lipinski definition) is 2. The van der Waals surface area contributed by atoms with E-state index in [0.29, 0.717) is 30.4 Å². The number of imidazole rings is 1. The fourth-order valence-electron chi connectivity index (χ4n) is 4.51. The summed E-state index contributed by atoms with van der Waals surface area (Å²) in [5.41, 5.74) is 2.11. The third-order valence-electron chi connectivity index (χ3n) is 6.19. The average molecular weight is 449 g/mol. The smallest absolute Gasteiger partial charge is 0.306 e. The van der Waals surface area contributed by atoms with Crippen molar-refractivity contribution in [1.82, 2.24) is 14.5 Å². The van der Waals surface area contributed by atoms with Gasteiger partial charge in [0, 0.05) is 30.5 Å². The van der Waals surface area contributed by atoms with E-state index in [-0.39, 0.29) is 24.8 Å². The number of hydrogen-bond donors (Lipinski definition) is 1. The summed E-state index contributed by atoms with van der Waals surface area (Å²) in [4.78, 5) is 17.2. The molecule has 1 N–H and O–H groups in total. The third-order valence-corrected chi connectivity index (χ3v) is 6.19. The number of nitrogens with zero attached hydrogens (tertiary/aromatic N) is 2. The Bertz CT molecular complexity index is 1450. The van der Waals surface area contributed by atoms with Crippen LogP contribution in [0.15, 0.2) is 83.7 Å². The van der Waals surface area contributed by atoms with Crippen LogP contribution in [0.1, 0.15) is 55.5 Å². The highest BCUT2D eigenvalue weighted by atomic mass is 19.1. The van der Waals surface area contributed by atoms with Gasteiger partial charge in [0.15, 0.2) is 0 Å². The van der Waals surface area contributed by atoms with E-state index in [9.17, 15) is 9.18 Å². The molecule has 33 heavy (non-hydrogen) atoms. The van der Waals surface area contributed by atoms with E-state index < -0.39 is 24.5 Å². The predicted octanol–water partition coefficient (Wildman–Crippen LogP) is 5.72. The van der Waals surface area contributed by atoms with Crippen LogP contribution in [-0.2, 0) is 0 Å². The van der Waals surface area contributed by atoms with Gasteiger partial charge >= 0.3 is 5.69 Å². The summed E-state index contributed by atoms with van der Waals surface area (Å²) in [6.45, 7) is 0.0471. The minimum Gasteiger partial charge on any atom is -0.306 e. The first-order valence-corrected chi connectivity index (χ1v) is 11.3. The van der Waals surface area contributed by atoms with Crippen LogP contribution >= 0.6 is 0 Å². The zero-order valence-corrected chi connectivity index (χ0v) is 18.3. The quantitative estimate of drug-likeness (QED) is 0.393. The van der Waals surface area contributed by atoms with E-state index in [0.717, 1.165) is 15.7 Å². The van der Waals surface area contributed by atoms with Crippen LogP contribution in [0.4, 0.5) is 4.39 Å². The minimum atomic E-state index is -2.46. The summed E-state index contributed by atoms with van der Waals surface area (Å²) < 4.78 is 58.9. The van der Waals surface area contributed by atoms with Gasteiger partial charge in [-0.05, 0) is 67.5 Å². The van der Waals surface area contributed by atoms with Crippen molar-refractivity contribution >= 4 is 11.0 Å². The summed E-state index contributed by atoms with van der Waals surface area (Å²) in [6.07, 6.45) is -3.38. The molecule has 1 fully saturated rings. The summed E-state index contributed by atoms with van der Waals surface area (Å²) in [5, 5.41) is 0. The van der Waals surface area contributed by atoms with Crippen molar-refractivity contribution in [1.29, 1.82) is 0 Å². The average Bonchev–Trinajstić information content (AvgIpc) is 3.22. The highest BCUT2D eigenvalue weighted by Gasteiger charge is 2.23. The number of fused-ring (bicyclic) bond motifs is 1. The van der Waals surface area contributed by atoms with Crippen molar-refractivity contribution in [2.45, 2.75) is 37.5 Å². The Morgan fingerprint density at radius 1 is 0.970 bits per heavy atom. The maximum Gasteiger partial charge on any atom is 0.326 e. The maximum atomic E-state index is 13.6. The number of aromatic nitrogens is 2. The van der Waals surface area contributed by atoms with Crippen molar-refractivity contribution in [2.75, 3.05) is 19.6 Å². The molecule has 0 aliphatic carbocycles. The lowest BCUT2D eigenvalue weighted by Crippen LogP contribution is -2.37. The number of H-pyrrole nitrogens is 1. The minimum absolute atomic E-state index is 0.00942. The normalized spacial score (nSPS) is 22.5. The molecule has 5 rings (SSSR count). The van der Waals surface area contributed by atoms with Crippen LogP contribution in [0.25, 0.3) is 11.0 Å². The summed E-state index contributed by atoms with van der Waals surface area (Å²) in [5.74, 6) is -0.290. The van der Waals surface area contributed by atoms with Crippen molar-refractivity contribution in [3.05, 3.63) is 106 Å². The van der Waals surface area contributed by atoms with E-state index >= 15 is 0 Å². The molecule has 1 unspecified atom stereocenters. The van der Waals surface area contributed by atoms with E-state index in [1.165, 1.54) is 12.1 Å². The van der Waals surface area contributed by atoms with E-state index in [4.69, 9.17) is 6.85 Å². The van der Waals surface area contributed by atoms with Gasteiger partial charge in [0.1, 0.15) is 5.82 Å². The van der Waals surface area contributed by atoms with Gasteiger partial charge in [-0.2, -0.15) is 0 Å². The first-order valence-electron chi connectivity index (χ1n) is 13.8. The predicted molar refractivity (Wildman–Crippen MR) is 131 cm³/mol. The van der Waals surface area contributed by atoms with Gasteiger partial charge in [-0.25, -0.2) is 9.18 Å². The number of benzene rings is 3. The SMILES string of the molecule is [2H]C1([2H])CN(CCCC(c2ccccc2)c2ccc(F)cc2)CC([2H])([2H])C1([2H])n1c(=O)[nH]c2ccccc21. The molecule has 0 amide bonds. The number of nitrogens with one attached hydrogen (secondary N) is 1. The third kappa shape index (κ3) is 4.79. The fourth-order valence-corrected chi connectivity index (χ4v) is 4.51. The molecule has 2 heterocycles. The molecular formula is C28H30FN3O. The second-order valence-corrected chi connectivity index (χ2v) is 8.35. The first-order chi connectivity index (χ1) is 18.0. The van der Waals surface area contributed by atoms with Gasteiger partial charge < -0.3 is 9.88 Å². The molecule has 1 atom stereocenters. The Morgan fingerprint density at radius 2 is 1.64 bits per heavy atom. The lowest BCUT2D eigenvalue weighted by Gasteiger charge is -2.32. The Labute approximate surface area is 200 Å². The molecule has 4 aromatic rings. The van der Waals surface area contributed by atoms with Gasteiger partial charge in [0.25, 0.3) is 0 Å². The highest BCUT2D eigenvalue weighted by molar-refractivity contribution is 5.75. The number of aromatic amines is 1. The van der Waals surface area contributed by atoms with Crippen molar-refractivity contribution in [2.24, 2.45) is 0 Å². The molecule has 0 radical (unpaired) electrons. The number of piperidine rings is 1.